The number of hydrogen-bond donors (Lipinski definition) is 0. The zero-order chi connectivity index (χ0) is 6.57. The van der Waals surface area contributed by atoms with E-state index in [0.29, 0.717) is 11.8 Å². The van der Waals surface area contributed by atoms with Gasteiger partial charge < -0.3 is 0 Å². The van der Waals surface area contributed by atoms with Crippen molar-refractivity contribution in [2.45, 2.75) is 27.2 Å². The lowest BCUT2D eigenvalue weighted by Crippen LogP contribution is -2.09. The lowest BCUT2D eigenvalue weighted by atomic mass is 9.95. The van der Waals surface area contributed by atoms with Crippen LogP contribution in [0.1, 0.15) is 27.2 Å². The largest absolute Gasteiger partial charge is 0.236 e. The highest BCUT2D eigenvalue weighted by molar-refractivity contribution is 4.56. The van der Waals surface area contributed by atoms with Crippen LogP contribution in [0.25, 0.3) is 0 Å². The van der Waals surface area contributed by atoms with Gasteiger partial charge in [-0.1, -0.05) is 27.2 Å². The average Bonchev–Trinajstić information content (AvgIpc) is 1.84. The van der Waals surface area contributed by atoms with Crippen LogP contribution in [0.2, 0.25) is 0 Å². The minimum Gasteiger partial charge on any atom is -0.236 e. The standard InChI is InChI=1S/C7H15O/c1-4-6(2)7(3)5-8/h6-7H,4-5H2,1-3H3. The molecule has 0 aliphatic rings. The first kappa shape index (κ1) is 7.96. The molecule has 1 radical (unpaired) electrons. The Kier molecular flexibility index (Phi) is 3.88. The minimum absolute atomic E-state index is 0.0784. The summed E-state index contributed by atoms with van der Waals surface area (Å²) in [7, 11) is 0. The fourth-order valence-electron chi connectivity index (χ4n) is 0.567. The van der Waals surface area contributed by atoms with Crippen LogP contribution in [0.4, 0.5) is 0 Å². The van der Waals surface area contributed by atoms with E-state index in [9.17, 15) is 5.11 Å². The Labute approximate surface area is 51.7 Å². The monoisotopic (exact) mass is 115 g/mol. The molecule has 0 aliphatic carbocycles. The zero-order valence-electron chi connectivity index (χ0n) is 5.98. The maximum absolute atomic E-state index is 10.2. The molecule has 0 amide bonds. The van der Waals surface area contributed by atoms with Crippen LogP contribution in [0.5, 0.6) is 0 Å². The molecular formula is C7H15O. The zero-order valence-corrected chi connectivity index (χ0v) is 5.98. The van der Waals surface area contributed by atoms with E-state index in [0.717, 1.165) is 6.42 Å². The Morgan fingerprint density at radius 2 is 1.75 bits per heavy atom. The van der Waals surface area contributed by atoms with Gasteiger partial charge in [0.15, 0.2) is 0 Å². The van der Waals surface area contributed by atoms with Gasteiger partial charge in [0.05, 0.1) is 6.61 Å². The van der Waals surface area contributed by atoms with Crippen molar-refractivity contribution < 1.29 is 5.11 Å². The fourth-order valence-corrected chi connectivity index (χ4v) is 0.567. The summed E-state index contributed by atoms with van der Waals surface area (Å²) in [6, 6.07) is 0. The van der Waals surface area contributed by atoms with Gasteiger partial charge >= 0.3 is 0 Å². The molecule has 2 atom stereocenters. The highest BCUT2D eigenvalue weighted by Crippen LogP contribution is 2.12. The van der Waals surface area contributed by atoms with E-state index in [-0.39, 0.29) is 6.61 Å². The highest BCUT2D eigenvalue weighted by Gasteiger charge is 2.07. The predicted octanol–water partition coefficient (Wildman–Crippen LogP) is 2.10. The van der Waals surface area contributed by atoms with Crippen molar-refractivity contribution in [1.29, 1.82) is 0 Å². The third-order valence-electron chi connectivity index (χ3n) is 1.88. The molecule has 49 valence electrons. The molecule has 0 aliphatic heterocycles. The summed E-state index contributed by atoms with van der Waals surface area (Å²) in [5, 5.41) is 10.2. The lowest BCUT2D eigenvalue weighted by Gasteiger charge is -2.12. The summed E-state index contributed by atoms with van der Waals surface area (Å²) in [6.07, 6.45) is 1.13. The second kappa shape index (κ2) is 3.90. The molecule has 0 saturated heterocycles. The van der Waals surface area contributed by atoms with E-state index in [1.165, 1.54) is 0 Å². The predicted molar refractivity (Wildman–Crippen MR) is 34.2 cm³/mol. The molecule has 0 aromatic carbocycles. The van der Waals surface area contributed by atoms with E-state index >= 15 is 0 Å². The van der Waals surface area contributed by atoms with Gasteiger partial charge in [-0.15, -0.1) is 0 Å². The van der Waals surface area contributed by atoms with Gasteiger partial charge in [0, 0.05) is 0 Å². The molecule has 0 fully saturated rings. The van der Waals surface area contributed by atoms with E-state index in [4.69, 9.17) is 0 Å². The van der Waals surface area contributed by atoms with Crippen molar-refractivity contribution >= 4 is 0 Å². The summed E-state index contributed by atoms with van der Waals surface area (Å²) >= 11 is 0. The van der Waals surface area contributed by atoms with Crippen LogP contribution in [-0.2, 0) is 5.11 Å². The molecule has 0 spiro atoms. The summed E-state index contributed by atoms with van der Waals surface area (Å²) in [6.45, 7) is 6.34. The average molecular weight is 115 g/mol. The van der Waals surface area contributed by atoms with Crippen LogP contribution in [0, 0.1) is 11.8 Å². The summed E-state index contributed by atoms with van der Waals surface area (Å²) in [4.78, 5) is 0. The Hall–Kier alpha value is -0.0400. The van der Waals surface area contributed by atoms with Gasteiger partial charge in [-0.05, 0) is 11.8 Å². The third-order valence-corrected chi connectivity index (χ3v) is 1.88. The molecule has 2 unspecified atom stereocenters. The second-order valence-electron chi connectivity index (χ2n) is 2.53. The Morgan fingerprint density at radius 1 is 1.25 bits per heavy atom. The second-order valence-corrected chi connectivity index (χ2v) is 2.53. The molecule has 0 saturated carbocycles. The Bertz CT molecular complexity index is 44.3. The van der Waals surface area contributed by atoms with Gasteiger partial charge in [-0.25, -0.2) is 5.11 Å². The van der Waals surface area contributed by atoms with Crippen molar-refractivity contribution in [1.82, 2.24) is 0 Å². The molecule has 0 aromatic heterocycles. The molecule has 0 aromatic rings. The molecule has 8 heavy (non-hydrogen) atoms. The van der Waals surface area contributed by atoms with Gasteiger partial charge in [-0.2, -0.15) is 0 Å². The molecular weight excluding hydrogens is 100 g/mol. The number of rotatable bonds is 3. The summed E-state index contributed by atoms with van der Waals surface area (Å²) in [5.74, 6) is 0.965. The van der Waals surface area contributed by atoms with Gasteiger partial charge in [-0.3, -0.25) is 0 Å². The summed E-state index contributed by atoms with van der Waals surface area (Å²) in [5.41, 5.74) is 0. The normalized spacial score (nSPS) is 18.0. The molecule has 1 heteroatoms. The molecule has 0 N–H and O–H groups in total. The first-order chi connectivity index (χ1) is 3.72. The lowest BCUT2D eigenvalue weighted by molar-refractivity contribution is 0.123. The Balaban J connectivity index is 3.29. The fraction of sp³-hybridized carbons (Fsp3) is 1.00. The smallest absolute Gasteiger partial charge is 0.0850 e. The maximum Gasteiger partial charge on any atom is 0.0850 e. The first-order valence-electron chi connectivity index (χ1n) is 3.30. The molecule has 1 nitrogen and oxygen atoms in total. The SMILES string of the molecule is CCC(C)C(C)C[O]. The van der Waals surface area contributed by atoms with Crippen LogP contribution in [-0.4, -0.2) is 6.61 Å². The van der Waals surface area contributed by atoms with Crippen LogP contribution < -0.4 is 0 Å². The van der Waals surface area contributed by atoms with Gasteiger partial charge in [0.2, 0.25) is 0 Å². The van der Waals surface area contributed by atoms with Crippen molar-refractivity contribution in [2.24, 2.45) is 11.8 Å². The Morgan fingerprint density at radius 3 is 1.88 bits per heavy atom. The van der Waals surface area contributed by atoms with Crippen molar-refractivity contribution in [3.63, 3.8) is 0 Å². The van der Waals surface area contributed by atoms with E-state index < -0.39 is 0 Å². The molecule has 0 heterocycles. The van der Waals surface area contributed by atoms with E-state index in [2.05, 4.69) is 13.8 Å². The quantitative estimate of drug-likeness (QED) is 0.536. The molecule has 0 bridgehead atoms. The third kappa shape index (κ3) is 2.31. The topological polar surface area (TPSA) is 19.9 Å². The summed E-state index contributed by atoms with van der Waals surface area (Å²) < 4.78 is 0. The van der Waals surface area contributed by atoms with E-state index in [1.807, 2.05) is 6.92 Å². The van der Waals surface area contributed by atoms with Gasteiger partial charge in [0.25, 0.3) is 0 Å². The van der Waals surface area contributed by atoms with Crippen LogP contribution in [0.3, 0.4) is 0 Å². The minimum atomic E-state index is 0.0784. The van der Waals surface area contributed by atoms with Crippen LogP contribution in [0.15, 0.2) is 0 Å². The van der Waals surface area contributed by atoms with Crippen molar-refractivity contribution in [3.05, 3.63) is 0 Å². The van der Waals surface area contributed by atoms with E-state index in [1.54, 1.807) is 0 Å². The number of hydrogen-bond acceptors (Lipinski definition) is 0. The maximum atomic E-state index is 10.2. The first-order valence-corrected chi connectivity index (χ1v) is 3.30. The van der Waals surface area contributed by atoms with Crippen molar-refractivity contribution in [2.75, 3.05) is 6.61 Å². The van der Waals surface area contributed by atoms with Crippen LogP contribution >= 0.6 is 0 Å². The van der Waals surface area contributed by atoms with Gasteiger partial charge in [0.1, 0.15) is 0 Å². The van der Waals surface area contributed by atoms with Crippen molar-refractivity contribution in [3.8, 4) is 0 Å². The highest BCUT2D eigenvalue weighted by atomic mass is 16.3. The molecule has 0 rings (SSSR count).